The lowest BCUT2D eigenvalue weighted by molar-refractivity contribution is 0.121. The zero-order valence-corrected chi connectivity index (χ0v) is 10.4. The smallest absolute Gasteiger partial charge is 0.180 e. The molecule has 1 saturated carbocycles. The summed E-state index contributed by atoms with van der Waals surface area (Å²) >= 11 is 0. The van der Waals surface area contributed by atoms with Crippen LogP contribution in [0.15, 0.2) is 12.4 Å². The van der Waals surface area contributed by atoms with Crippen molar-refractivity contribution in [1.82, 2.24) is 4.98 Å². The Labute approximate surface area is 96.8 Å². The summed E-state index contributed by atoms with van der Waals surface area (Å²) in [5.41, 5.74) is 0.807. The zero-order chi connectivity index (χ0) is 11.8. The maximum Gasteiger partial charge on any atom is 0.180 e. The van der Waals surface area contributed by atoms with Gasteiger partial charge in [0, 0.05) is 11.8 Å². The van der Waals surface area contributed by atoms with Crippen LogP contribution in [0.5, 0.6) is 11.5 Å². The highest BCUT2D eigenvalue weighted by molar-refractivity contribution is 5.43. The summed E-state index contributed by atoms with van der Waals surface area (Å²) in [7, 11) is 0. The fourth-order valence-corrected chi connectivity index (χ4v) is 1.41. The minimum absolute atomic E-state index is 0.215. The van der Waals surface area contributed by atoms with Crippen LogP contribution in [0.2, 0.25) is 0 Å². The molecule has 3 heteroatoms. The number of ether oxygens (including phenoxy) is 2. The fourth-order valence-electron chi connectivity index (χ4n) is 1.41. The Balaban J connectivity index is 2.24. The van der Waals surface area contributed by atoms with Crippen molar-refractivity contribution in [2.75, 3.05) is 0 Å². The number of rotatable bonds is 3. The molecule has 1 aromatic rings. The first-order valence-corrected chi connectivity index (χ1v) is 5.76. The Kier molecular flexibility index (Phi) is 2.78. The molecule has 16 heavy (non-hydrogen) atoms. The summed E-state index contributed by atoms with van der Waals surface area (Å²) in [5.74, 6) is 1.60. The predicted octanol–water partition coefficient (Wildman–Crippen LogP) is 3.11. The maximum atomic E-state index is 5.93. The summed E-state index contributed by atoms with van der Waals surface area (Å²) in [6, 6.07) is 0. The number of pyridine rings is 1. The van der Waals surface area contributed by atoms with Crippen molar-refractivity contribution in [3.05, 3.63) is 18.0 Å². The molecular formula is C13H19NO2. The molecule has 1 aliphatic rings. The van der Waals surface area contributed by atoms with E-state index in [4.69, 9.17) is 9.47 Å². The van der Waals surface area contributed by atoms with Gasteiger partial charge in [-0.25, -0.2) is 0 Å². The Hall–Kier alpha value is -1.25. The van der Waals surface area contributed by atoms with Gasteiger partial charge in [0.25, 0.3) is 0 Å². The third kappa shape index (κ3) is 2.87. The van der Waals surface area contributed by atoms with Crippen molar-refractivity contribution in [2.45, 2.75) is 52.2 Å². The highest BCUT2D eigenvalue weighted by Crippen LogP contribution is 2.36. The monoisotopic (exact) mass is 221 g/mol. The van der Waals surface area contributed by atoms with E-state index in [1.165, 1.54) is 0 Å². The molecule has 1 fully saturated rings. The van der Waals surface area contributed by atoms with Crippen molar-refractivity contribution in [1.29, 1.82) is 0 Å². The van der Waals surface area contributed by atoms with Crippen LogP contribution in [0.1, 0.15) is 39.2 Å². The molecule has 3 nitrogen and oxygen atoms in total. The van der Waals surface area contributed by atoms with E-state index in [0.29, 0.717) is 6.10 Å². The molecule has 0 saturated heterocycles. The van der Waals surface area contributed by atoms with Gasteiger partial charge in [-0.1, -0.05) is 0 Å². The molecule has 88 valence electrons. The van der Waals surface area contributed by atoms with E-state index in [0.717, 1.165) is 29.9 Å². The second-order valence-corrected chi connectivity index (χ2v) is 5.32. The lowest BCUT2D eigenvalue weighted by atomic mass is 10.2. The summed E-state index contributed by atoms with van der Waals surface area (Å²) in [6.07, 6.45) is 6.20. The SMILES string of the molecule is Cc1cncc(OC2CC2)c1OC(C)(C)C. The molecule has 0 aliphatic heterocycles. The Bertz CT molecular complexity index is 378. The van der Waals surface area contributed by atoms with Gasteiger partial charge in [-0.2, -0.15) is 0 Å². The molecule has 0 atom stereocenters. The first kappa shape index (κ1) is 11.2. The standard InChI is InChI=1S/C13H19NO2/c1-9-7-14-8-11(15-10-5-6-10)12(9)16-13(2,3)4/h7-8,10H,5-6H2,1-4H3. The molecule has 1 aromatic heterocycles. The second-order valence-electron chi connectivity index (χ2n) is 5.32. The fraction of sp³-hybridized carbons (Fsp3) is 0.615. The van der Waals surface area contributed by atoms with E-state index in [1.54, 1.807) is 12.4 Å². The molecule has 0 spiro atoms. The third-order valence-electron chi connectivity index (χ3n) is 2.27. The molecule has 1 aliphatic carbocycles. The zero-order valence-electron chi connectivity index (χ0n) is 10.4. The predicted molar refractivity (Wildman–Crippen MR) is 63.0 cm³/mol. The van der Waals surface area contributed by atoms with Crippen LogP contribution >= 0.6 is 0 Å². The molecule has 0 amide bonds. The van der Waals surface area contributed by atoms with E-state index in [1.807, 2.05) is 27.7 Å². The molecule has 0 N–H and O–H groups in total. The van der Waals surface area contributed by atoms with Gasteiger partial charge in [0.05, 0.1) is 12.3 Å². The van der Waals surface area contributed by atoms with E-state index >= 15 is 0 Å². The molecule has 0 radical (unpaired) electrons. The van der Waals surface area contributed by atoms with E-state index in [-0.39, 0.29) is 5.60 Å². The van der Waals surface area contributed by atoms with Gasteiger partial charge < -0.3 is 9.47 Å². The maximum absolute atomic E-state index is 5.93. The highest BCUT2D eigenvalue weighted by atomic mass is 16.5. The molecule has 0 unspecified atom stereocenters. The van der Waals surface area contributed by atoms with E-state index in [9.17, 15) is 0 Å². The van der Waals surface area contributed by atoms with Crippen LogP contribution < -0.4 is 9.47 Å². The van der Waals surface area contributed by atoms with Crippen molar-refractivity contribution < 1.29 is 9.47 Å². The average molecular weight is 221 g/mol. The molecule has 2 rings (SSSR count). The number of hydrogen-bond donors (Lipinski definition) is 0. The van der Waals surface area contributed by atoms with Crippen molar-refractivity contribution in [3.63, 3.8) is 0 Å². The van der Waals surface area contributed by atoms with Gasteiger partial charge in [-0.05, 0) is 40.5 Å². The minimum atomic E-state index is -0.215. The van der Waals surface area contributed by atoms with Gasteiger partial charge in [-0.15, -0.1) is 0 Å². The number of nitrogens with zero attached hydrogens (tertiary/aromatic N) is 1. The van der Waals surface area contributed by atoms with Crippen LogP contribution in [0, 0.1) is 6.92 Å². The quantitative estimate of drug-likeness (QED) is 0.786. The van der Waals surface area contributed by atoms with Crippen LogP contribution in [-0.2, 0) is 0 Å². The normalized spacial score (nSPS) is 16.0. The first-order valence-electron chi connectivity index (χ1n) is 5.76. The topological polar surface area (TPSA) is 31.4 Å². The second kappa shape index (κ2) is 3.96. The molecule has 1 heterocycles. The minimum Gasteiger partial charge on any atom is -0.485 e. The van der Waals surface area contributed by atoms with Crippen molar-refractivity contribution in [2.24, 2.45) is 0 Å². The molecule has 0 bridgehead atoms. The summed E-state index contributed by atoms with van der Waals surface area (Å²) in [5, 5.41) is 0. The van der Waals surface area contributed by atoms with Gasteiger partial charge in [0.15, 0.2) is 11.5 Å². The van der Waals surface area contributed by atoms with Gasteiger partial charge >= 0.3 is 0 Å². The van der Waals surface area contributed by atoms with Crippen LogP contribution in [0.4, 0.5) is 0 Å². The Morgan fingerprint density at radius 3 is 2.50 bits per heavy atom. The van der Waals surface area contributed by atoms with Crippen LogP contribution in [0.25, 0.3) is 0 Å². The Morgan fingerprint density at radius 2 is 1.94 bits per heavy atom. The summed E-state index contributed by atoms with van der Waals surface area (Å²) in [6.45, 7) is 8.10. The van der Waals surface area contributed by atoms with Gasteiger partial charge in [0.2, 0.25) is 0 Å². The lowest BCUT2D eigenvalue weighted by Crippen LogP contribution is -2.24. The summed E-state index contributed by atoms with van der Waals surface area (Å²) < 4.78 is 11.7. The molecule has 0 aromatic carbocycles. The number of aromatic nitrogens is 1. The average Bonchev–Trinajstić information content (AvgIpc) is 2.93. The Morgan fingerprint density at radius 1 is 1.25 bits per heavy atom. The highest BCUT2D eigenvalue weighted by Gasteiger charge is 2.26. The summed E-state index contributed by atoms with van der Waals surface area (Å²) in [4.78, 5) is 4.15. The first-order chi connectivity index (χ1) is 7.46. The lowest BCUT2D eigenvalue weighted by Gasteiger charge is -2.24. The van der Waals surface area contributed by atoms with Crippen LogP contribution in [-0.4, -0.2) is 16.7 Å². The van der Waals surface area contributed by atoms with Gasteiger partial charge in [-0.3, -0.25) is 4.98 Å². The molecular weight excluding hydrogens is 202 g/mol. The third-order valence-corrected chi connectivity index (χ3v) is 2.27. The van der Waals surface area contributed by atoms with Crippen molar-refractivity contribution >= 4 is 0 Å². The van der Waals surface area contributed by atoms with Crippen LogP contribution in [0.3, 0.4) is 0 Å². The van der Waals surface area contributed by atoms with Crippen molar-refractivity contribution in [3.8, 4) is 11.5 Å². The number of hydrogen-bond acceptors (Lipinski definition) is 3. The van der Waals surface area contributed by atoms with E-state index in [2.05, 4.69) is 4.98 Å². The van der Waals surface area contributed by atoms with Gasteiger partial charge in [0.1, 0.15) is 5.60 Å². The van der Waals surface area contributed by atoms with E-state index < -0.39 is 0 Å². The largest absolute Gasteiger partial charge is 0.485 e. The number of aryl methyl sites for hydroxylation is 1.